The average Bonchev–Trinajstić information content (AvgIpc) is 2.54. The topological polar surface area (TPSA) is 87.5 Å². The van der Waals surface area contributed by atoms with Crippen LogP contribution in [0.25, 0.3) is 0 Å². The van der Waals surface area contributed by atoms with Crippen molar-refractivity contribution in [2.45, 2.75) is 38.8 Å². The highest BCUT2D eigenvalue weighted by Crippen LogP contribution is 2.22. The fourth-order valence-electron chi connectivity index (χ4n) is 2.96. The Bertz CT molecular complexity index is 535. The Labute approximate surface area is 137 Å². The third-order valence-electron chi connectivity index (χ3n) is 4.28. The molecule has 1 aromatic rings. The fraction of sp³-hybridized carbons (Fsp3) is 0.529. The zero-order valence-electron chi connectivity index (χ0n) is 13.8. The van der Waals surface area contributed by atoms with Gasteiger partial charge in [0.25, 0.3) is 0 Å². The first kappa shape index (κ1) is 17.3. The minimum absolute atomic E-state index is 0.0627. The number of anilines is 1. The Morgan fingerprint density at radius 3 is 2.70 bits per heavy atom. The highest BCUT2D eigenvalue weighted by molar-refractivity contribution is 5.93. The van der Waals surface area contributed by atoms with Crippen LogP contribution in [0.15, 0.2) is 30.3 Å². The number of likely N-dealkylation sites (tertiary alicyclic amines) is 1. The minimum atomic E-state index is -0.582. The number of carbonyl (C=O) groups excluding carboxylic acids is 2. The van der Waals surface area contributed by atoms with Gasteiger partial charge in [0.15, 0.2) is 0 Å². The summed E-state index contributed by atoms with van der Waals surface area (Å²) >= 11 is 0. The predicted molar refractivity (Wildman–Crippen MR) is 91.0 cm³/mol. The number of nitrogens with two attached hydrogens (primary N) is 1. The molecule has 3 atom stereocenters. The van der Waals surface area contributed by atoms with E-state index in [1.165, 1.54) is 0 Å². The van der Waals surface area contributed by atoms with Gasteiger partial charge in [-0.25, -0.2) is 4.79 Å². The molecule has 1 aliphatic heterocycles. The van der Waals surface area contributed by atoms with Crippen molar-refractivity contribution in [2.24, 2.45) is 11.7 Å². The van der Waals surface area contributed by atoms with E-state index in [1.807, 2.05) is 23.1 Å². The summed E-state index contributed by atoms with van der Waals surface area (Å²) in [6.45, 7) is 5.05. The maximum Gasteiger partial charge on any atom is 0.319 e. The van der Waals surface area contributed by atoms with Crippen LogP contribution in [0.4, 0.5) is 10.5 Å². The molecule has 126 valence electrons. The van der Waals surface area contributed by atoms with E-state index in [4.69, 9.17) is 5.73 Å². The smallest absolute Gasteiger partial charge is 0.319 e. The van der Waals surface area contributed by atoms with Crippen LogP contribution in [0.2, 0.25) is 0 Å². The lowest BCUT2D eigenvalue weighted by Gasteiger charge is -2.39. The van der Waals surface area contributed by atoms with E-state index in [0.717, 1.165) is 12.8 Å². The monoisotopic (exact) mass is 318 g/mol. The van der Waals surface area contributed by atoms with E-state index in [-0.39, 0.29) is 18.0 Å². The maximum atomic E-state index is 12.6. The van der Waals surface area contributed by atoms with Crippen LogP contribution in [0, 0.1) is 5.92 Å². The summed E-state index contributed by atoms with van der Waals surface area (Å²) in [6.07, 6.45) is 1.90. The molecule has 4 N–H and O–H groups in total. The first-order valence-corrected chi connectivity index (χ1v) is 8.14. The molecule has 1 aromatic carbocycles. The van der Waals surface area contributed by atoms with Crippen LogP contribution < -0.4 is 16.4 Å². The van der Waals surface area contributed by atoms with Gasteiger partial charge in [0.05, 0.1) is 0 Å². The minimum Gasteiger partial charge on any atom is -0.337 e. The summed E-state index contributed by atoms with van der Waals surface area (Å²) in [6, 6.07) is 8.24. The Balaban J connectivity index is 1.90. The Morgan fingerprint density at radius 1 is 1.35 bits per heavy atom. The highest BCUT2D eigenvalue weighted by Gasteiger charge is 2.31. The second-order valence-electron chi connectivity index (χ2n) is 6.24. The quantitative estimate of drug-likeness (QED) is 0.791. The molecule has 1 aliphatic rings. The van der Waals surface area contributed by atoms with Gasteiger partial charge in [0, 0.05) is 24.8 Å². The zero-order chi connectivity index (χ0) is 16.8. The number of nitrogens with one attached hydrogen (secondary N) is 2. The van der Waals surface area contributed by atoms with Crippen molar-refractivity contribution >= 4 is 17.6 Å². The number of hydrogen-bond donors (Lipinski definition) is 3. The lowest BCUT2D eigenvalue weighted by Crippen LogP contribution is -2.55. The van der Waals surface area contributed by atoms with E-state index < -0.39 is 6.04 Å². The normalized spacial score (nSPS) is 22.3. The van der Waals surface area contributed by atoms with Crippen LogP contribution in [0.5, 0.6) is 0 Å². The molecule has 1 saturated heterocycles. The molecule has 1 fully saturated rings. The Morgan fingerprint density at radius 2 is 2.04 bits per heavy atom. The first-order valence-electron chi connectivity index (χ1n) is 8.14. The molecule has 0 bridgehead atoms. The molecule has 0 aliphatic carbocycles. The van der Waals surface area contributed by atoms with Crippen molar-refractivity contribution in [2.75, 3.05) is 18.4 Å². The van der Waals surface area contributed by atoms with E-state index >= 15 is 0 Å². The SMILES string of the molecule is CC1CCN(C(=O)C(C)NC(=O)Nc2ccccc2)C(CN)C1. The van der Waals surface area contributed by atoms with Gasteiger partial charge in [-0.15, -0.1) is 0 Å². The average molecular weight is 318 g/mol. The molecule has 6 heteroatoms. The van der Waals surface area contributed by atoms with Gasteiger partial charge in [0.1, 0.15) is 6.04 Å². The van der Waals surface area contributed by atoms with Crippen molar-refractivity contribution < 1.29 is 9.59 Å². The Kier molecular flexibility index (Phi) is 5.98. The summed E-state index contributed by atoms with van der Waals surface area (Å²) in [5, 5.41) is 5.42. The van der Waals surface area contributed by atoms with E-state index in [1.54, 1.807) is 19.1 Å². The number of benzene rings is 1. The number of nitrogens with zero attached hydrogens (tertiary/aromatic N) is 1. The molecule has 6 nitrogen and oxygen atoms in total. The molecule has 0 saturated carbocycles. The van der Waals surface area contributed by atoms with Crippen LogP contribution in [-0.4, -0.2) is 42.0 Å². The molecule has 0 spiro atoms. The highest BCUT2D eigenvalue weighted by atomic mass is 16.2. The van der Waals surface area contributed by atoms with Gasteiger partial charge < -0.3 is 21.3 Å². The molecule has 0 aromatic heterocycles. The third-order valence-corrected chi connectivity index (χ3v) is 4.28. The Hall–Kier alpha value is -2.08. The zero-order valence-corrected chi connectivity index (χ0v) is 13.8. The van der Waals surface area contributed by atoms with Gasteiger partial charge in [-0.1, -0.05) is 25.1 Å². The predicted octanol–water partition coefficient (Wildman–Crippen LogP) is 1.78. The number of piperidine rings is 1. The van der Waals surface area contributed by atoms with Gasteiger partial charge in [-0.05, 0) is 37.8 Å². The van der Waals surface area contributed by atoms with Gasteiger partial charge in [-0.3, -0.25) is 4.79 Å². The largest absolute Gasteiger partial charge is 0.337 e. The molecular weight excluding hydrogens is 292 g/mol. The summed E-state index contributed by atoms with van der Waals surface area (Å²) < 4.78 is 0. The van der Waals surface area contributed by atoms with Crippen molar-refractivity contribution in [3.63, 3.8) is 0 Å². The van der Waals surface area contributed by atoms with Crippen LogP contribution >= 0.6 is 0 Å². The van der Waals surface area contributed by atoms with Gasteiger partial charge >= 0.3 is 6.03 Å². The van der Waals surface area contributed by atoms with E-state index in [0.29, 0.717) is 24.7 Å². The lowest BCUT2D eigenvalue weighted by molar-refractivity contribution is -0.136. The molecule has 3 unspecified atom stereocenters. The molecule has 0 radical (unpaired) electrons. The summed E-state index contributed by atoms with van der Waals surface area (Å²) in [5.74, 6) is 0.507. The number of amides is 3. The molecule has 23 heavy (non-hydrogen) atoms. The van der Waals surface area contributed by atoms with Crippen molar-refractivity contribution in [1.29, 1.82) is 0 Å². The van der Waals surface area contributed by atoms with Crippen molar-refractivity contribution in [3.05, 3.63) is 30.3 Å². The van der Waals surface area contributed by atoms with Gasteiger partial charge in [0.2, 0.25) is 5.91 Å². The number of hydrogen-bond acceptors (Lipinski definition) is 3. The first-order chi connectivity index (χ1) is 11.0. The number of para-hydroxylation sites is 1. The molecule has 3 amide bonds. The summed E-state index contributed by atoms with van der Waals surface area (Å²) in [5.41, 5.74) is 6.49. The molecule has 2 rings (SSSR count). The summed E-state index contributed by atoms with van der Waals surface area (Å²) in [4.78, 5) is 26.4. The molecule has 1 heterocycles. The summed E-state index contributed by atoms with van der Waals surface area (Å²) in [7, 11) is 0. The van der Waals surface area contributed by atoms with Crippen LogP contribution in [0.3, 0.4) is 0 Å². The van der Waals surface area contributed by atoms with Crippen LogP contribution in [0.1, 0.15) is 26.7 Å². The third kappa shape index (κ3) is 4.69. The maximum absolute atomic E-state index is 12.6. The van der Waals surface area contributed by atoms with Crippen molar-refractivity contribution in [1.82, 2.24) is 10.2 Å². The number of rotatable bonds is 4. The van der Waals surface area contributed by atoms with Gasteiger partial charge in [-0.2, -0.15) is 0 Å². The second kappa shape index (κ2) is 7.97. The van der Waals surface area contributed by atoms with E-state index in [9.17, 15) is 9.59 Å². The number of carbonyl (C=O) groups is 2. The second-order valence-corrected chi connectivity index (χ2v) is 6.24. The fourth-order valence-corrected chi connectivity index (χ4v) is 2.96. The molecular formula is C17H26N4O2. The number of urea groups is 1. The standard InChI is InChI=1S/C17H26N4O2/c1-12-8-9-21(15(10-12)11-18)16(22)13(2)19-17(23)20-14-6-4-3-5-7-14/h3-7,12-13,15H,8-11,18H2,1-2H3,(H2,19,20,23). The van der Waals surface area contributed by atoms with Crippen LogP contribution in [-0.2, 0) is 4.79 Å². The van der Waals surface area contributed by atoms with E-state index in [2.05, 4.69) is 17.6 Å². The lowest BCUT2D eigenvalue weighted by atomic mass is 9.92. The van der Waals surface area contributed by atoms with Crippen molar-refractivity contribution in [3.8, 4) is 0 Å².